The van der Waals surface area contributed by atoms with E-state index in [9.17, 15) is 18.9 Å². The first-order chi connectivity index (χ1) is 11.4. The average Bonchev–Trinajstić information content (AvgIpc) is 3.42. The van der Waals surface area contributed by atoms with Gasteiger partial charge in [0.15, 0.2) is 13.1 Å². The summed E-state index contributed by atoms with van der Waals surface area (Å²) in [5.41, 5.74) is 0.667. The molecule has 1 heterocycles. The van der Waals surface area contributed by atoms with E-state index in [1.807, 2.05) is 0 Å². The molecule has 0 bridgehead atoms. The van der Waals surface area contributed by atoms with Crippen LogP contribution in [0.25, 0.3) is 6.08 Å². The molecule has 2 rings (SSSR count). The Bertz CT molecular complexity index is 574. The van der Waals surface area contributed by atoms with E-state index in [1.165, 1.54) is 19.3 Å². The third kappa shape index (κ3) is 5.61. The van der Waals surface area contributed by atoms with Crippen molar-refractivity contribution in [2.24, 2.45) is 5.92 Å². The molecule has 0 spiro atoms. The van der Waals surface area contributed by atoms with Crippen molar-refractivity contribution in [3.8, 4) is 0 Å². The van der Waals surface area contributed by atoms with Gasteiger partial charge in [-0.15, -0.1) is 0 Å². The van der Waals surface area contributed by atoms with E-state index in [0.29, 0.717) is 11.6 Å². The fourth-order valence-electron chi connectivity index (χ4n) is 2.22. The lowest BCUT2D eigenvalue weighted by Crippen LogP contribution is -2.39. The molecule has 1 amide bonds. The summed E-state index contributed by atoms with van der Waals surface area (Å²) in [6.45, 7) is 0.854. The average molecular weight is 341 g/mol. The number of nitrogens with one attached hydrogen (secondary N) is 1. The molecule has 24 heavy (non-hydrogen) atoms. The molecule has 1 aromatic heterocycles. The predicted octanol–water partition coefficient (Wildman–Crippen LogP) is 1.99. The molecule has 1 aliphatic carbocycles. The van der Waals surface area contributed by atoms with E-state index in [2.05, 4.69) is 15.3 Å². The molecule has 1 aliphatic rings. The van der Waals surface area contributed by atoms with Gasteiger partial charge in [-0.05, 0) is 31.8 Å². The molecule has 0 aromatic carbocycles. The van der Waals surface area contributed by atoms with E-state index in [1.54, 1.807) is 12.2 Å². The van der Waals surface area contributed by atoms with Crippen molar-refractivity contribution in [1.29, 1.82) is 0 Å². The highest BCUT2D eigenvalue weighted by Crippen LogP contribution is 2.32. The first-order valence-corrected chi connectivity index (χ1v) is 8.12. The smallest absolute Gasteiger partial charge is 0.271 e. The Kier molecular flexibility index (Phi) is 6.33. The SMILES string of the molecule is CC[N+](F)(F)CC/C=C/c1cnc(C(=O)NC(CO)C2CC2)cn1. The molecule has 1 saturated carbocycles. The van der Waals surface area contributed by atoms with E-state index < -0.39 is 4.93 Å². The molecule has 132 valence electrons. The fraction of sp³-hybridized carbons (Fsp3) is 0.562. The van der Waals surface area contributed by atoms with E-state index in [0.717, 1.165) is 12.8 Å². The van der Waals surface area contributed by atoms with Gasteiger partial charge in [-0.25, -0.2) is 4.98 Å². The Balaban J connectivity index is 1.84. The number of nitrogens with zero attached hydrogens (tertiary/aromatic N) is 3. The van der Waals surface area contributed by atoms with Gasteiger partial charge in [-0.1, -0.05) is 6.08 Å². The summed E-state index contributed by atoms with van der Waals surface area (Å²) in [5.74, 6) is -0.0300. The number of amides is 1. The third-order valence-electron chi connectivity index (χ3n) is 3.98. The quantitative estimate of drug-likeness (QED) is 0.674. The largest absolute Gasteiger partial charge is 0.394 e. The Labute approximate surface area is 139 Å². The third-order valence-corrected chi connectivity index (χ3v) is 3.98. The number of halogens is 2. The van der Waals surface area contributed by atoms with E-state index in [4.69, 9.17) is 0 Å². The minimum absolute atomic E-state index is 0.0917. The van der Waals surface area contributed by atoms with Crippen LogP contribution >= 0.6 is 0 Å². The van der Waals surface area contributed by atoms with Gasteiger partial charge in [0.05, 0.1) is 35.7 Å². The maximum Gasteiger partial charge on any atom is 0.271 e. The fourth-order valence-corrected chi connectivity index (χ4v) is 2.22. The summed E-state index contributed by atoms with van der Waals surface area (Å²) in [5, 5.41) is 12.0. The van der Waals surface area contributed by atoms with Gasteiger partial charge in [0.1, 0.15) is 5.69 Å². The number of aliphatic hydroxyl groups is 1. The van der Waals surface area contributed by atoms with Crippen LogP contribution in [0.15, 0.2) is 18.5 Å². The molecule has 0 saturated heterocycles. The highest BCUT2D eigenvalue weighted by atomic mass is 19.4. The zero-order chi connectivity index (χ0) is 17.6. The minimum atomic E-state index is -2.01. The summed E-state index contributed by atoms with van der Waals surface area (Å²) in [7, 11) is 0. The van der Waals surface area contributed by atoms with Crippen LogP contribution < -0.4 is 5.32 Å². The Morgan fingerprint density at radius 1 is 1.46 bits per heavy atom. The molecule has 1 unspecified atom stereocenters. The van der Waals surface area contributed by atoms with Crippen molar-refractivity contribution in [3.05, 3.63) is 29.9 Å². The summed E-state index contributed by atoms with van der Waals surface area (Å²) >= 11 is 0. The highest BCUT2D eigenvalue weighted by Gasteiger charge is 2.32. The molecule has 1 fully saturated rings. The normalized spacial score (nSPS) is 16.3. The monoisotopic (exact) mass is 341 g/mol. The summed E-state index contributed by atoms with van der Waals surface area (Å²) in [4.78, 5) is 18.1. The topological polar surface area (TPSA) is 75.1 Å². The number of hydrogen-bond acceptors (Lipinski definition) is 4. The van der Waals surface area contributed by atoms with Crippen LogP contribution in [-0.2, 0) is 0 Å². The number of aromatic nitrogens is 2. The van der Waals surface area contributed by atoms with Crippen molar-refractivity contribution >= 4 is 12.0 Å². The second-order valence-electron chi connectivity index (χ2n) is 5.92. The van der Waals surface area contributed by atoms with Gasteiger partial charge in [-0.2, -0.15) is 0 Å². The van der Waals surface area contributed by atoms with Gasteiger partial charge < -0.3 is 10.4 Å². The lowest BCUT2D eigenvalue weighted by Gasteiger charge is -2.14. The van der Waals surface area contributed by atoms with Crippen molar-refractivity contribution in [3.63, 3.8) is 0 Å². The van der Waals surface area contributed by atoms with Crippen LogP contribution in [0, 0.1) is 5.92 Å². The predicted molar refractivity (Wildman–Crippen MR) is 84.6 cm³/mol. The van der Waals surface area contributed by atoms with E-state index in [-0.39, 0.29) is 43.8 Å². The van der Waals surface area contributed by atoms with Gasteiger partial charge in [0, 0.05) is 15.4 Å². The van der Waals surface area contributed by atoms with Gasteiger partial charge >= 0.3 is 0 Å². The van der Waals surface area contributed by atoms with Crippen molar-refractivity contribution in [2.45, 2.75) is 32.2 Å². The Hall–Kier alpha value is -1.93. The first kappa shape index (κ1) is 18.4. The molecule has 6 nitrogen and oxygen atoms in total. The standard InChI is InChI=1S/C16H22F2N4O2/c1-2-22(17,18)8-4-3-5-13-9-20-14(10-19-13)16(24)21-15(11-23)12-6-7-12/h3,5,9-10,12,15,23H,2,4,6-8,11H2,1H3/p+1/b5-3+. The summed E-state index contributed by atoms with van der Waals surface area (Å²) < 4.78 is 26.1. The Morgan fingerprint density at radius 2 is 2.21 bits per heavy atom. The Morgan fingerprint density at radius 3 is 2.75 bits per heavy atom. The maximum atomic E-state index is 13.0. The summed E-state index contributed by atoms with van der Waals surface area (Å²) in [6, 6.07) is -0.239. The zero-order valence-corrected chi connectivity index (χ0v) is 13.7. The van der Waals surface area contributed by atoms with Crippen LogP contribution in [-0.4, -0.2) is 51.6 Å². The maximum absolute atomic E-state index is 13.0. The molecule has 0 radical (unpaired) electrons. The van der Waals surface area contributed by atoms with E-state index >= 15 is 0 Å². The zero-order valence-electron chi connectivity index (χ0n) is 13.7. The van der Waals surface area contributed by atoms with Crippen molar-refractivity contribution in [1.82, 2.24) is 15.3 Å². The molecule has 1 atom stereocenters. The molecule has 1 aromatic rings. The number of carbonyl (C=O) groups is 1. The van der Waals surface area contributed by atoms with Crippen LogP contribution in [0.4, 0.5) is 8.96 Å². The minimum Gasteiger partial charge on any atom is -0.394 e. The van der Waals surface area contributed by atoms with Crippen molar-refractivity contribution < 1.29 is 23.8 Å². The molecule has 8 heteroatoms. The van der Waals surface area contributed by atoms with Gasteiger partial charge in [-0.3, -0.25) is 9.78 Å². The highest BCUT2D eigenvalue weighted by molar-refractivity contribution is 5.92. The van der Waals surface area contributed by atoms with Crippen LogP contribution in [0.5, 0.6) is 0 Å². The van der Waals surface area contributed by atoms with Gasteiger partial charge in [0.25, 0.3) is 5.91 Å². The van der Waals surface area contributed by atoms with Crippen molar-refractivity contribution in [2.75, 3.05) is 19.7 Å². The van der Waals surface area contributed by atoms with Crippen LogP contribution in [0.3, 0.4) is 0 Å². The molecular formula is C16H23F2N4O2+. The number of carbonyl (C=O) groups excluding carboxylic acids is 1. The molecular weight excluding hydrogens is 318 g/mol. The lowest BCUT2D eigenvalue weighted by atomic mass is 10.2. The number of rotatable bonds is 9. The number of quaternary nitrogens is 1. The first-order valence-electron chi connectivity index (χ1n) is 8.12. The number of aliphatic hydroxyl groups excluding tert-OH is 1. The van der Waals surface area contributed by atoms with Gasteiger partial charge in [0.2, 0.25) is 0 Å². The summed E-state index contributed by atoms with van der Waals surface area (Å²) in [6.07, 6.45) is 8.22. The van der Waals surface area contributed by atoms with Crippen LogP contribution in [0.2, 0.25) is 0 Å². The lowest BCUT2D eigenvalue weighted by molar-refractivity contribution is -1.17. The molecule has 0 aliphatic heterocycles. The number of hydrogen-bond donors (Lipinski definition) is 2. The van der Waals surface area contributed by atoms with Crippen LogP contribution in [0.1, 0.15) is 42.4 Å². The molecule has 2 N–H and O–H groups in total. The second kappa shape index (κ2) is 8.25. The second-order valence-corrected chi connectivity index (χ2v) is 5.92.